The van der Waals surface area contributed by atoms with Crippen molar-refractivity contribution in [2.24, 2.45) is 0 Å². The third-order valence-corrected chi connectivity index (χ3v) is 5.85. The molecule has 1 fully saturated rings. The predicted molar refractivity (Wildman–Crippen MR) is 111 cm³/mol. The van der Waals surface area contributed by atoms with Crippen LogP contribution >= 0.6 is 0 Å². The number of aryl methyl sites for hydroxylation is 1. The number of hydrogen-bond acceptors (Lipinski definition) is 6. The maximum atomic E-state index is 5.89. The van der Waals surface area contributed by atoms with E-state index in [4.69, 9.17) is 19.3 Å². The summed E-state index contributed by atoms with van der Waals surface area (Å²) in [5.74, 6) is 0.640. The Kier molecular flexibility index (Phi) is 5.26. The Labute approximate surface area is 175 Å². The van der Waals surface area contributed by atoms with Crippen LogP contribution in [0.4, 0.5) is 0 Å². The van der Waals surface area contributed by atoms with Crippen LogP contribution in [0.25, 0.3) is 16.9 Å². The van der Waals surface area contributed by atoms with Crippen LogP contribution in [-0.2, 0) is 22.3 Å². The Hall–Kier alpha value is -2.71. The molecule has 8 nitrogen and oxygen atoms in total. The highest BCUT2D eigenvalue weighted by atomic mass is 16.5. The van der Waals surface area contributed by atoms with Crippen LogP contribution in [0.15, 0.2) is 24.7 Å². The van der Waals surface area contributed by atoms with Gasteiger partial charge < -0.3 is 14.2 Å². The molecule has 5 heterocycles. The van der Waals surface area contributed by atoms with E-state index in [1.807, 2.05) is 34.9 Å². The van der Waals surface area contributed by atoms with Gasteiger partial charge in [-0.25, -0.2) is 14.3 Å². The zero-order chi connectivity index (χ0) is 20.5. The summed E-state index contributed by atoms with van der Waals surface area (Å²) >= 11 is 0. The van der Waals surface area contributed by atoms with Crippen molar-refractivity contribution in [3.63, 3.8) is 0 Å². The number of nitrogens with zero attached hydrogens (tertiary/aromatic N) is 5. The normalized spacial score (nSPS) is 19.3. The monoisotopic (exact) mass is 409 g/mol. The Morgan fingerprint density at radius 3 is 2.83 bits per heavy atom. The molecule has 0 saturated carbocycles. The van der Waals surface area contributed by atoms with E-state index in [2.05, 4.69) is 16.1 Å². The van der Waals surface area contributed by atoms with Gasteiger partial charge in [-0.1, -0.05) is 0 Å². The summed E-state index contributed by atoms with van der Waals surface area (Å²) in [7, 11) is 1.64. The zero-order valence-corrected chi connectivity index (χ0v) is 17.5. The summed E-state index contributed by atoms with van der Waals surface area (Å²) in [5, 5.41) is 9.59. The largest absolute Gasteiger partial charge is 0.481 e. The van der Waals surface area contributed by atoms with Crippen molar-refractivity contribution in [1.29, 1.82) is 0 Å². The number of ether oxygens (including phenoxy) is 3. The van der Waals surface area contributed by atoms with Crippen LogP contribution in [0.2, 0.25) is 0 Å². The van der Waals surface area contributed by atoms with E-state index in [0.29, 0.717) is 19.1 Å². The quantitative estimate of drug-likeness (QED) is 0.658. The molecular formula is C22H27N5O3. The molecule has 1 unspecified atom stereocenters. The van der Waals surface area contributed by atoms with Crippen LogP contribution in [0.5, 0.6) is 5.88 Å². The van der Waals surface area contributed by atoms with E-state index >= 15 is 0 Å². The molecule has 0 amide bonds. The summed E-state index contributed by atoms with van der Waals surface area (Å²) in [6.45, 7) is 4.19. The van der Waals surface area contributed by atoms with Crippen LogP contribution in [0.3, 0.4) is 0 Å². The van der Waals surface area contributed by atoms with E-state index in [1.54, 1.807) is 7.11 Å². The molecule has 0 N–H and O–H groups in total. The summed E-state index contributed by atoms with van der Waals surface area (Å²) in [6, 6.07) is 2.09. The first kappa shape index (κ1) is 19.3. The zero-order valence-electron chi connectivity index (χ0n) is 17.5. The first-order valence-corrected chi connectivity index (χ1v) is 10.6. The lowest BCUT2D eigenvalue weighted by molar-refractivity contribution is -0.0394. The minimum Gasteiger partial charge on any atom is -0.481 e. The van der Waals surface area contributed by atoms with Gasteiger partial charge in [0, 0.05) is 35.9 Å². The highest BCUT2D eigenvalue weighted by Crippen LogP contribution is 2.32. The van der Waals surface area contributed by atoms with E-state index in [9.17, 15) is 0 Å². The fraction of sp³-hybridized carbons (Fsp3) is 0.500. The second kappa shape index (κ2) is 8.20. The second-order valence-electron chi connectivity index (χ2n) is 7.85. The predicted octanol–water partition coefficient (Wildman–Crippen LogP) is 3.26. The molecule has 3 aromatic heterocycles. The van der Waals surface area contributed by atoms with Crippen molar-refractivity contribution in [3.05, 3.63) is 41.5 Å². The minimum atomic E-state index is 0.0120. The third-order valence-electron chi connectivity index (χ3n) is 5.85. The van der Waals surface area contributed by atoms with Crippen molar-refractivity contribution in [1.82, 2.24) is 24.5 Å². The summed E-state index contributed by atoms with van der Waals surface area (Å²) in [4.78, 5) is 4.46. The molecule has 5 rings (SSSR count). The number of rotatable bonds is 4. The molecule has 1 atom stereocenters. The highest BCUT2D eigenvalue weighted by Gasteiger charge is 2.24. The summed E-state index contributed by atoms with van der Waals surface area (Å²) in [6.07, 6.45) is 10.7. The number of methoxy groups -OCH3 is 1. The van der Waals surface area contributed by atoms with E-state index in [0.717, 1.165) is 54.8 Å². The van der Waals surface area contributed by atoms with Crippen molar-refractivity contribution in [2.75, 3.05) is 26.9 Å². The average molecular weight is 409 g/mol. The fourth-order valence-corrected chi connectivity index (χ4v) is 4.33. The molecule has 0 aliphatic carbocycles. The van der Waals surface area contributed by atoms with Gasteiger partial charge in [0.1, 0.15) is 11.9 Å². The molecule has 8 heteroatoms. The van der Waals surface area contributed by atoms with Gasteiger partial charge in [-0.2, -0.15) is 10.2 Å². The van der Waals surface area contributed by atoms with E-state index in [1.165, 1.54) is 17.7 Å². The highest BCUT2D eigenvalue weighted by molar-refractivity contribution is 5.65. The molecular weight excluding hydrogens is 382 g/mol. The first-order valence-electron chi connectivity index (χ1n) is 10.6. The van der Waals surface area contributed by atoms with Crippen molar-refractivity contribution in [3.8, 4) is 22.8 Å². The van der Waals surface area contributed by atoms with Crippen LogP contribution in [-0.4, -0.2) is 51.5 Å². The van der Waals surface area contributed by atoms with Crippen molar-refractivity contribution < 1.29 is 14.2 Å². The molecule has 1 saturated heterocycles. The van der Waals surface area contributed by atoms with Crippen LogP contribution in [0.1, 0.15) is 42.3 Å². The third kappa shape index (κ3) is 3.50. The maximum Gasteiger partial charge on any atom is 0.215 e. The molecule has 0 spiro atoms. The lowest BCUT2D eigenvalue weighted by Gasteiger charge is -2.22. The van der Waals surface area contributed by atoms with Gasteiger partial charge in [-0.15, -0.1) is 0 Å². The minimum absolute atomic E-state index is 0.0120. The molecule has 0 aromatic carbocycles. The Balaban J connectivity index is 1.56. The topological polar surface area (TPSA) is 76.2 Å². The van der Waals surface area contributed by atoms with Gasteiger partial charge in [-0.05, 0) is 38.7 Å². The molecule has 158 valence electrons. The molecule has 3 aromatic rings. The molecule has 30 heavy (non-hydrogen) atoms. The van der Waals surface area contributed by atoms with Gasteiger partial charge in [0.2, 0.25) is 5.88 Å². The van der Waals surface area contributed by atoms with Crippen LogP contribution in [0, 0.1) is 6.92 Å². The summed E-state index contributed by atoms with van der Waals surface area (Å²) < 4.78 is 20.9. The van der Waals surface area contributed by atoms with Gasteiger partial charge >= 0.3 is 0 Å². The van der Waals surface area contributed by atoms with Gasteiger partial charge in [0.05, 0.1) is 44.1 Å². The van der Waals surface area contributed by atoms with Gasteiger partial charge in [0.15, 0.2) is 0 Å². The fourth-order valence-electron chi connectivity index (χ4n) is 4.33. The van der Waals surface area contributed by atoms with E-state index in [-0.39, 0.29) is 6.23 Å². The lowest BCUT2D eigenvalue weighted by atomic mass is 10.0. The van der Waals surface area contributed by atoms with Gasteiger partial charge in [0.25, 0.3) is 0 Å². The lowest BCUT2D eigenvalue weighted by Crippen LogP contribution is -2.18. The molecule has 2 aliphatic heterocycles. The van der Waals surface area contributed by atoms with Crippen molar-refractivity contribution in [2.45, 2.75) is 45.3 Å². The molecule has 2 aliphatic rings. The molecule has 0 bridgehead atoms. The SMILES string of the molecule is COc1ncc(-c2nn(-c3cnn(C4CCCCO4)c3)c3c2CCOCC3)cc1C. The number of aromatic nitrogens is 5. The summed E-state index contributed by atoms with van der Waals surface area (Å²) in [5.41, 5.74) is 6.29. The number of hydrogen-bond donors (Lipinski definition) is 0. The Morgan fingerprint density at radius 2 is 2.03 bits per heavy atom. The molecule has 0 radical (unpaired) electrons. The van der Waals surface area contributed by atoms with Crippen molar-refractivity contribution >= 4 is 0 Å². The Bertz CT molecular complexity index is 1040. The maximum absolute atomic E-state index is 5.89. The number of pyridine rings is 1. The van der Waals surface area contributed by atoms with Gasteiger partial charge in [-0.3, -0.25) is 0 Å². The smallest absolute Gasteiger partial charge is 0.215 e. The van der Waals surface area contributed by atoms with Crippen LogP contribution < -0.4 is 4.74 Å². The average Bonchev–Trinajstić information content (AvgIpc) is 3.32. The van der Waals surface area contributed by atoms with E-state index < -0.39 is 0 Å². The Morgan fingerprint density at radius 1 is 1.13 bits per heavy atom. The number of fused-ring (bicyclic) bond motifs is 1. The standard InChI is InChI=1S/C22H27N5O3/c1-15-11-16(12-23-22(15)28-2)21-18-6-9-29-10-7-19(18)27(25-21)17-13-24-26(14-17)20-5-3-4-8-30-20/h11-14,20H,3-10H2,1-2H3. The first-order chi connectivity index (χ1) is 14.7. The second-order valence-corrected chi connectivity index (χ2v) is 7.85.